The molecular weight excluding hydrogens is 355 g/mol. The number of nitro groups is 1. The van der Waals surface area contributed by atoms with Crippen LogP contribution in [0.15, 0.2) is 36.4 Å². The second-order valence-electron chi connectivity index (χ2n) is 4.87. The molecule has 0 aliphatic carbocycles. The summed E-state index contributed by atoms with van der Waals surface area (Å²) in [6.45, 7) is 2.31. The number of hydrogen-bond donors (Lipinski definition) is 1. The molecule has 0 spiro atoms. The fourth-order valence-corrected chi connectivity index (χ4v) is 2.39. The SMILES string of the molecule is CCCNC(=O)c1cc(Oc2ccc(Cl)cc2Cl)ccc1[N+](=O)[O-]. The predicted molar refractivity (Wildman–Crippen MR) is 92.3 cm³/mol. The van der Waals surface area contributed by atoms with E-state index >= 15 is 0 Å². The molecule has 2 rings (SSSR count). The summed E-state index contributed by atoms with van der Waals surface area (Å²) in [6.07, 6.45) is 0.718. The van der Waals surface area contributed by atoms with Gasteiger partial charge in [0, 0.05) is 23.7 Å². The Balaban J connectivity index is 2.34. The van der Waals surface area contributed by atoms with Gasteiger partial charge in [-0.25, -0.2) is 0 Å². The van der Waals surface area contributed by atoms with E-state index in [0.717, 1.165) is 6.42 Å². The van der Waals surface area contributed by atoms with Crippen molar-refractivity contribution in [3.63, 3.8) is 0 Å². The van der Waals surface area contributed by atoms with E-state index in [-0.39, 0.29) is 22.0 Å². The predicted octanol–water partition coefficient (Wildman–Crippen LogP) is 4.83. The fraction of sp³-hybridized carbons (Fsp3) is 0.188. The van der Waals surface area contributed by atoms with E-state index in [4.69, 9.17) is 27.9 Å². The second-order valence-corrected chi connectivity index (χ2v) is 5.71. The van der Waals surface area contributed by atoms with Crippen LogP contribution < -0.4 is 10.1 Å². The molecule has 2 aromatic carbocycles. The number of ether oxygens (including phenoxy) is 1. The molecule has 24 heavy (non-hydrogen) atoms. The van der Waals surface area contributed by atoms with Crippen LogP contribution in [0.2, 0.25) is 10.0 Å². The lowest BCUT2D eigenvalue weighted by atomic mass is 10.1. The smallest absolute Gasteiger partial charge is 0.282 e. The Kier molecular flexibility index (Phi) is 6.00. The zero-order valence-corrected chi connectivity index (χ0v) is 14.2. The van der Waals surface area contributed by atoms with Crippen molar-refractivity contribution in [1.29, 1.82) is 0 Å². The van der Waals surface area contributed by atoms with Gasteiger partial charge in [0.15, 0.2) is 0 Å². The topological polar surface area (TPSA) is 81.5 Å². The number of halogens is 2. The van der Waals surface area contributed by atoms with Gasteiger partial charge in [0.2, 0.25) is 0 Å². The maximum Gasteiger partial charge on any atom is 0.282 e. The molecule has 0 fully saturated rings. The molecular formula is C16H14Cl2N2O4. The van der Waals surface area contributed by atoms with E-state index < -0.39 is 10.8 Å². The monoisotopic (exact) mass is 368 g/mol. The number of nitrogens with one attached hydrogen (secondary N) is 1. The molecule has 0 aromatic heterocycles. The summed E-state index contributed by atoms with van der Waals surface area (Å²) >= 11 is 11.9. The Morgan fingerprint density at radius 3 is 2.62 bits per heavy atom. The minimum absolute atomic E-state index is 0.0731. The van der Waals surface area contributed by atoms with Gasteiger partial charge in [0.1, 0.15) is 17.1 Å². The Hall–Kier alpha value is -2.31. The summed E-state index contributed by atoms with van der Waals surface area (Å²) in [5.41, 5.74) is -0.366. The lowest BCUT2D eigenvalue weighted by Gasteiger charge is -2.10. The van der Waals surface area contributed by atoms with Crippen LogP contribution in [0.1, 0.15) is 23.7 Å². The highest BCUT2D eigenvalue weighted by Crippen LogP contribution is 2.33. The lowest BCUT2D eigenvalue weighted by Crippen LogP contribution is -2.24. The van der Waals surface area contributed by atoms with Crippen molar-refractivity contribution in [3.05, 3.63) is 62.1 Å². The van der Waals surface area contributed by atoms with Crippen molar-refractivity contribution in [2.45, 2.75) is 13.3 Å². The standard InChI is InChI=1S/C16H14Cl2N2O4/c1-2-7-19-16(21)12-9-11(4-5-14(12)20(22)23)24-15-6-3-10(17)8-13(15)18/h3-6,8-9H,2,7H2,1H3,(H,19,21). The summed E-state index contributed by atoms with van der Waals surface area (Å²) in [5, 5.41) is 14.5. The Labute approximate surface area is 148 Å². The molecule has 0 aliphatic rings. The Bertz CT molecular complexity index is 781. The Morgan fingerprint density at radius 1 is 1.25 bits per heavy atom. The van der Waals surface area contributed by atoms with E-state index in [1.165, 1.54) is 24.3 Å². The van der Waals surface area contributed by atoms with Gasteiger partial charge in [0.25, 0.3) is 11.6 Å². The van der Waals surface area contributed by atoms with Gasteiger partial charge < -0.3 is 10.1 Å². The minimum Gasteiger partial charge on any atom is -0.456 e. The van der Waals surface area contributed by atoms with E-state index in [1.807, 2.05) is 6.92 Å². The molecule has 0 saturated carbocycles. The molecule has 1 amide bonds. The molecule has 2 aromatic rings. The van der Waals surface area contributed by atoms with E-state index in [9.17, 15) is 14.9 Å². The number of amides is 1. The molecule has 0 radical (unpaired) electrons. The molecule has 0 heterocycles. The van der Waals surface area contributed by atoms with Gasteiger partial charge in [-0.3, -0.25) is 14.9 Å². The second kappa shape index (κ2) is 7.99. The molecule has 0 unspecified atom stereocenters. The van der Waals surface area contributed by atoms with Gasteiger partial charge in [-0.15, -0.1) is 0 Å². The molecule has 0 atom stereocenters. The summed E-state index contributed by atoms with van der Waals surface area (Å²) in [6, 6.07) is 8.62. The van der Waals surface area contributed by atoms with Crippen molar-refractivity contribution in [1.82, 2.24) is 5.32 Å². The summed E-state index contributed by atoms with van der Waals surface area (Å²) < 4.78 is 5.60. The van der Waals surface area contributed by atoms with E-state index in [0.29, 0.717) is 17.3 Å². The van der Waals surface area contributed by atoms with Crippen LogP contribution in [0.5, 0.6) is 11.5 Å². The molecule has 6 nitrogen and oxygen atoms in total. The molecule has 0 bridgehead atoms. The van der Waals surface area contributed by atoms with Crippen LogP contribution in [-0.4, -0.2) is 17.4 Å². The number of benzene rings is 2. The maximum atomic E-state index is 12.1. The van der Waals surface area contributed by atoms with Crippen LogP contribution in [0, 0.1) is 10.1 Å². The third-order valence-electron chi connectivity index (χ3n) is 3.07. The highest BCUT2D eigenvalue weighted by Gasteiger charge is 2.21. The first-order chi connectivity index (χ1) is 11.4. The van der Waals surface area contributed by atoms with E-state index in [2.05, 4.69) is 5.32 Å². The quantitative estimate of drug-likeness (QED) is 0.584. The normalized spacial score (nSPS) is 10.3. The van der Waals surface area contributed by atoms with E-state index in [1.54, 1.807) is 12.1 Å². The molecule has 126 valence electrons. The van der Waals surface area contributed by atoms with Crippen molar-refractivity contribution in [2.24, 2.45) is 0 Å². The van der Waals surface area contributed by atoms with Crippen LogP contribution in [0.4, 0.5) is 5.69 Å². The molecule has 0 aliphatic heterocycles. The average molecular weight is 369 g/mol. The van der Waals surface area contributed by atoms with Crippen molar-refractivity contribution >= 4 is 34.8 Å². The lowest BCUT2D eigenvalue weighted by molar-refractivity contribution is -0.385. The van der Waals surface area contributed by atoms with Crippen LogP contribution in [0.3, 0.4) is 0 Å². The van der Waals surface area contributed by atoms with Crippen LogP contribution >= 0.6 is 23.2 Å². The summed E-state index contributed by atoms with van der Waals surface area (Å²) in [4.78, 5) is 22.6. The van der Waals surface area contributed by atoms with Gasteiger partial charge >= 0.3 is 0 Å². The number of nitro benzene ring substituents is 1. The van der Waals surface area contributed by atoms with Gasteiger partial charge in [-0.2, -0.15) is 0 Å². The zero-order valence-electron chi connectivity index (χ0n) is 12.7. The number of carbonyl (C=O) groups excluding carboxylic acids is 1. The van der Waals surface area contributed by atoms with Crippen molar-refractivity contribution < 1.29 is 14.5 Å². The highest BCUT2D eigenvalue weighted by molar-refractivity contribution is 6.35. The summed E-state index contributed by atoms with van der Waals surface area (Å²) in [5.74, 6) is 0.0533. The number of carbonyl (C=O) groups is 1. The maximum absolute atomic E-state index is 12.1. The van der Waals surface area contributed by atoms with Gasteiger partial charge in [-0.05, 0) is 30.7 Å². The van der Waals surface area contributed by atoms with Crippen molar-refractivity contribution in [3.8, 4) is 11.5 Å². The molecule has 1 N–H and O–H groups in total. The van der Waals surface area contributed by atoms with Gasteiger partial charge in [-0.1, -0.05) is 30.1 Å². The fourth-order valence-electron chi connectivity index (χ4n) is 1.94. The highest BCUT2D eigenvalue weighted by atomic mass is 35.5. The first kappa shape index (κ1) is 18.0. The number of nitrogens with zero attached hydrogens (tertiary/aromatic N) is 1. The third-order valence-corrected chi connectivity index (χ3v) is 3.60. The van der Waals surface area contributed by atoms with Crippen molar-refractivity contribution in [2.75, 3.05) is 6.54 Å². The third kappa shape index (κ3) is 4.37. The largest absolute Gasteiger partial charge is 0.456 e. The number of hydrogen-bond acceptors (Lipinski definition) is 4. The summed E-state index contributed by atoms with van der Waals surface area (Å²) in [7, 11) is 0. The van der Waals surface area contributed by atoms with Crippen LogP contribution in [-0.2, 0) is 0 Å². The number of rotatable bonds is 6. The minimum atomic E-state index is -0.611. The first-order valence-electron chi connectivity index (χ1n) is 7.12. The Morgan fingerprint density at radius 2 is 2.00 bits per heavy atom. The molecule has 0 saturated heterocycles. The van der Waals surface area contributed by atoms with Gasteiger partial charge in [0.05, 0.1) is 9.95 Å². The molecule has 8 heteroatoms. The van der Waals surface area contributed by atoms with Crippen LogP contribution in [0.25, 0.3) is 0 Å². The first-order valence-corrected chi connectivity index (χ1v) is 7.87. The zero-order chi connectivity index (χ0) is 17.7. The average Bonchev–Trinajstić information content (AvgIpc) is 2.55.